The fraction of sp³-hybridized carbons (Fsp3) is 0.0625. The number of non-ortho nitro benzene ring substituents is 1. The van der Waals surface area contributed by atoms with E-state index in [9.17, 15) is 14.9 Å². The van der Waals surface area contributed by atoms with E-state index < -0.39 is 10.6 Å². The second kappa shape index (κ2) is 6.29. The highest BCUT2D eigenvalue weighted by Gasteiger charge is 2.11. The quantitative estimate of drug-likeness (QED) is 0.452. The molecule has 120 valence electrons. The summed E-state index contributed by atoms with van der Waals surface area (Å²) < 4.78 is 1.17. The molecule has 8 nitrogen and oxygen atoms in total. The molecule has 3 rings (SSSR count). The smallest absolute Gasteiger partial charge is 0.258 e. The van der Waals surface area contributed by atoms with E-state index in [0.717, 1.165) is 5.56 Å². The van der Waals surface area contributed by atoms with Crippen molar-refractivity contribution in [3.05, 3.63) is 80.8 Å². The van der Waals surface area contributed by atoms with Crippen molar-refractivity contribution >= 4 is 11.4 Å². The number of nitro groups is 1. The van der Waals surface area contributed by atoms with Crippen molar-refractivity contribution in [2.45, 2.75) is 6.92 Å². The lowest BCUT2D eigenvalue weighted by Crippen LogP contribution is -2.15. The molecule has 3 aromatic rings. The molecule has 0 aliphatic carbocycles. The van der Waals surface area contributed by atoms with Crippen molar-refractivity contribution in [3.8, 4) is 11.4 Å². The summed E-state index contributed by atoms with van der Waals surface area (Å²) in [7, 11) is 0. The third-order valence-electron chi connectivity index (χ3n) is 3.43. The summed E-state index contributed by atoms with van der Waals surface area (Å²) in [6.45, 7) is 1.72. The number of rotatable bonds is 4. The van der Waals surface area contributed by atoms with Gasteiger partial charge in [-0.05, 0) is 24.6 Å². The van der Waals surface area contributed by atoms with E-state index in [2.05, 4.69) is 15.3 Å². The van der Waals surface area contributed by atoms with E-state index in [4.69, 9.17) is 0 Å². The normalized spacial score (nSPS) is 11.5. The monoisotopic (exact) mass is 323 g/mol. The van der Waals surface area contributed by atoms with Gasteiger partial charge in [0.25, 0.3) is 5.69 Å². The summed E-state index contributed by atoms with van der Waals surface area (Å²) in [4.78, 5) is 22.2. The lowest BCUT2D eigenvalue weighted by atomic mass is 10.1. The number of nitrogens with one attached hydrogen (secondary N) is 1. The molecule has 0 atom stereocenters. The minimum absolute atomic E-state index is 0.00278. The van der Waals surface area contributed by atoms with Crippen LogP contribution in [0.25, 0.3) is 11.4 Å². The first-order valence-electron chi connectivity index (χ1n) is 7.09. The van der Waals surface area contributed by atoms with Gasteiger partial charge in [0.2, 0.25) is 0 Å². The van der Waals surface area contributed by atoms with E-state index in [1.54, 1.807) is 19.1 Å². The van der Waals surface area contributed by atoms with Gasteiger partial charge in [0.15, 0.2) is 5.82 Å². The molecule has 0 amide bonds. The first kappa shape index (κ1) is 15.3. The summed E-state index contributed by atoms with van der Waals surface area (Å²) >= 11 is 0. The van der Waals surface area contributed by atoms with E-state index in [1.165, 1.54) is 16.8 Å². The fourth-order valence-electron chi connectivity index (χ4n) is 2.19. The lowest BCUT2D eigenvalue weighted by molar-refractivity contribution is -0.384. The largest absolute Gasteiger partial charge is 0.364 e. The molecule has 2 aromatic carbocycles. The SMILES string of the molecule is CC(=Nn1c(-c2ccccc2)n[nH]c1=O)c1ccc([N+](=O)[O-])cc1. The van der Waals surface area contributed by atoms with Crippen molar-refractivity contribution in [2.24, 2.45) is 5.10 Å². The van der Waals surface area contributed by atoms with E-state index in [0.29, 0.717) is 17.1 Å². The first-order valence-corrected chi connectivity index (χ1v) is 7.09. The molecule has 0 unspecified atom stereocenters. The average Bonchev–Trinajstić information content (AvgIpc) is 2.96. The van der Waals surface area contributed by atoms with Gasteiger partial charge in [-0.25, -0.2) is 9.89 Å². The average molecular weight is 323 g/mol. The van der Waals surface area contributed by atoms with E-state index in [1.807, 2.05) is 30.3 Å². The Morgan fingerprint density at radius 1 is 1.17 bits per heavy atom. The maximum Gasteiger partial charge on any atom is 0.364 e. The van der Waals surface area contributed by atoms with Crippen LogP contribution in [0.2, 0.25) is 0 Å². The van der Waals surface area contributed by atoms with Gasteiger partial charge in [-0.2, -0.15) is 14.9 Å². The summed E-state index contributed by atoms with van der Waals surface area (Å²) in [6.07, 6.45) is 0. The third kappa shape index (κ3) is 2.98. The Bertz CT molecular complexity index is 955. The summed E-state index contributed by atoms with van der Waals surface area (Å²) in [5.41, 5.74) is 1.49. The van der Waals surface area contributed by atoms with E-state index >= 15 is 0 Å². The maximum absolute atomic E-state index is 12.0. The number of hydrogen-bond acceptors (Lipinski definition) is 5. The first-order chi connectivity index (χ1) is 11.6. The summed E-state index contributed by atoms with van der Waals surface area (Å²) in [5, 5.41) is 21.4. The van der Waals surface area contributed by atoms with Gasteiger partial charge in [0, 0.05) is 17.7 Å². The molecule has 0 saturated heterocycles. The number of H-pyrrole nitrogens is 1. The molecule has 24 heavy (non-hydrogen) atoms. The van der Waals surface area contributed by atoms with Gasteiger partial charge in [-0.15, -0.1) is 0 Å². The van der Waals surface area contributed by atoms with Gasteiger partial charge < -0.3 is 0 Å². The maximum atomic E-state index is 12.0. The van der Waals surface area contributed by atoms with Crippen molar-refractivity contribution in [1.82, 2.24) is 14.9 Å². The highest BCUT2D eigenvalue weighted by atomic mass is 16.6. The third-order valence-corrected chi connectivity index (χ3v) is 3.43. The molecule has 0 radical (unpaired) electrons. The minimum Gasteiger partial charge on any atom is -0.258 e. The molecule has 1 aromatic heterocycles. The highest BCUT2D eigenvalue weighted by molar-refractivity contribution is 5.98. The Labute approximate surface area is 136 Å². The molecule has 0 aliphatic heterocycles. The Morgan fingerprint density at radius 3 is 2.46 bits per heavy atom. The molecule has 0 fully saturated rings. The van der Waals surface area contributed by atoms with Crippen LogP contribution in [0.5, 0.6) is 0 Å². The highest BCUT2D eigenvalue weighted by Crippen LogP contribution is 2.16. The summed E-state index contributed by atoms with van der Waals surface area (Å²) in [5.74, 6) is 0.391. The van der Waals surface area contributed by atoms with Crippen LogP contribution in [0.4, 0.5) is 5.69 Å². The number of hydrogen-bond donors (Lipinski definition) is 1. The van der Waals surface area contributed by atoms with E-state index in [-0.39, 0.29) is 5.69 Å². The number of aromatic amines is 1. The molecule has 0 spiro atoms. The van der Waals surface area contributed by atoms with Gasteiger partial charge in [0.1, 0.15) is 0 Å². The number of benzene rings is 2. The molecule has 1 N–H and O–H groups in total. The Morgan fingerprint density at radius 2 is 1.83 bits per heavy atom. The molecule has 8 heteroatoms. The Hall–Kier alpha value is -3.55. The fourth-order valence-corrected chi connectivity index (χ4v) is 2.19. The second-order valence-electron chi connectivity index (χ2n) is 5.02. The van der Waals surface area contributed by atoms with Gasteiger partial charge in [-0.1, -0.05) is 30.3 Å². The van der Waals surface area contributed by atoms with Crippen molar-refractivity contribution in [1.29, 1.82) is 0 Å². The van der Waals surface area contributed by atoms with Crippen LogP contribution in [-0.2, 0) is 0 Å². The Kier molecular flexibility index (Phi) is 4.02. The number of aromatic nitrogens is 3. The zero-order valence-electron chi connectivity index (χ0n) is 12.7. The van der Waals surface area contributed by atoms with Crippen LogP contribution >= 0.6 is 0 Å². The van der Waals surface area contributed by atoms with Gasteiger partial charge in [0.05, 0.1) is 10.6 Å². The van der Waals surface area contributed by atoms with Crippen LogP contribution in [-0.4, -0.2) is 25.5 Å². The molecule has 0 aliphatic rings. The van der Waals surface area contributed by atoms with Crippen LogP contribution in [0.1, 0.15) is 12.5 Å². The predicted octanol–water partition coefficient (Wildman–Crippen LogP) is 2.42. The Balaban J connectivity index is 2.01. The van der Waals surface area contributed by atoms with Crippen LogP contribution in [0, 0.1) is 10.1 Å². The van der Waals surface area contributed by atoms with Crippen LogP contribution in [0.3, 0.4) is 0 Å². The number of nitro benzene ring substituents is 1. The van der Waals surface area contributed by atoms with Crippen molar-refractivity contribution in [3.63, 3.8) is 0 Å². The molecular formula is C16H13N5O3. The van der Waals surface area contributed by atoms with Gasteiger partial charge in [-0.3, -0.25) is 10.1 Å². The molecular weight excluding hydrogens is 310 g/mol. The molecule has 0 bridgehead atoms. The van der Waals surface area contributed by atoms with Crippen molar-refractivity contribution in [2.75, 3.05) is 0 Å². The van der Waals surface area contributed by atoms with Gasteiger partial charge >= 0.3 is 5.69 Å². The van der Waals surface area contributed by atoms with Crippen LogP contribution in [0.15, 0.2) is 64.5 Å². The molecule has 1 heterocycles. The topological polar surface area (TPSA) is 106 Å². The minimum atomic E-state index is -0.468. The molecule has 0 saturated carbocycles. The zero-order chi connectivity index (χ0) is 17.1. The van der Waals surface area contributed by atoms with Crippen molar-refractivity contribution < 1.29 is 4.92 Å². The second-order valence-corrected chi connectivity index (χ2v) is 5.02. The van der Waals surface area contributed by atoms with Crippen LogP contribution < -0.4 is 5.69 Å². The zero-order valence-corrected chi connectivity index (χ0v) is 12.7. The predicted molar refractivity (Wildman–Crippen MR) is 89.0 cm³/mol. The lowest BCUT2D eigenvalue weighted by Gasteiger charge is -2.03. The number of nitrogens with zero attached hydrogens (tertiary/aromatic N) is 4. The standard InChI is InChI=1S/C16H13N5O3/c1-11(12-7-9-14(10-8-12)21(23)24)19-20-15(17-18-16(20)22)13-5-3-2-4-6-13/h2-10H,1H3,(H,18,22). The summed E-state index contributed by atoms with van der Waals surface area (Å²) in [6, 6.07) is 15.1.